The lowest BCUT2D eigenvalue weighted by atomic mass is 9.97. The number of nitrogens with zero attached hydrogens (tertiary/aromatic N) is 3. The Morgan fingerprint density at radius 1 is 1.12 bits per heavy atom. The molecule has 2 heterocycles. The predicted molar refractivity (Wildman–Crippen MR) is 118 cm³/mol. The molecule has 1 aliphatic heterocycles. The molecule has 0 spiro atoms. The standard InChI is InChI=1S/C23H25FN4O3S/c1-17-25-12-15-28(17)22-5-3-2-4-19(22)16-26-23(29)18-10-13-27(14-11-18)32(30,31)21-8-6-20(24)7-9-21/h2-9,12,15,18H,10-11,13-14,16H2,1H3,(H,26,29). The molecule has 1 N–H and O–H groups in total. The maximum Gasteiger partial charge on any atom is 0.243 e. The summed E-state index contributed by atoms with van der Waals surface area (Å²) in [7, 11) is -3.69. The molecule has 7 nitrogen and oxygen atoms in total. The topological polar surface area (TPSA) is 84.3 Å². The SMILES string of the molecule is Cc1nccn1-c1ccccc1CNC(=O)C1CCN(S(=O)(=O)c2ccc(F)cc2)CC1. The van der Waals surface area contributed by atoms with Crippen molar-refractivity contribution in [1.29, 1.82) is 0 Å². The van der Waals surface area contributed by atoms with Gasteiger partial charge in [-0.15, -0.1) is 0 Å². The second-order valence-corrected chi connectivity index (χ2v) is 9.76. The molecule has 2 aromatic carbocycles. The number of rotatable bonds is 6. The van der Waals surface area contributed by atoms with Gasteiger partial charge in [0, 0.05) is 37.9 Å². The van der Waals surface area contributed by atoms with E-state index in [4.69, 9.17) is 0 Å². The van der Waals surface area contributed by atoms with E-state index >= 15 is 0 Å². The van der Waals surface area contributed by atoms with Crippen molar-refractivity contribution in [3.8, 4) is 5.69 Å². The van der Waals surface area contributed by atoms with Crippen molar-refractivity contribution < 1.29 is 17.6 Å². The van der Waals surface area contributed by atoms with Crippen LogP contribution in [0.1, 0.15) is 24.2 Å². The maximum atomic E-state index is 13.1. The molecule has 0 radical (unpaired) electrons. The quantitative estimate of drug-likeness (QED) is 0.618. The van der Waals surface area contributed by atoms with Gasteiger partial charge in [-0.25, -0.2) is 17.8 Å². The van der Waals surface area contributed by atoms with Gasteiger partial charge in [-0.1, -0.05) is 18.2 Å². The molecule has 0 bridgehead atoms. The van der Waals surface area contributed by atoms with Gasteiger partial charge in [0.15, 0.2) is 0 Å². The Bertz CT molecular complexity index is 1200. The molecule has 3 aromatic rings. The van der Waals surface area contributed by atoms with Crippen LogP contribution in [0.5, 0.6) is 0 Å². The summed E-state index contributed by atoms with van der Waals surface area (Å²) >= 11 is 0. The summed E-state index contributed by atoms with van der Waals surface area (Å²) in [6.45, 7) is 2.80. The van der Waals surface area contributed by atoms with E-state index < -0.39 is 15.8 Å². The van der Waals surface area contributed by atoms with Gasteiger partial charge in [-0.2, -0.15) is 4.31 Å². The molecular weight excluding hydrogens is 431 g/mol. The van der Waals surface area contributed by atoms with Crippen LogP contribution in [0.15, 0.2) is 65.8 Å². The number of amides is 1. The van der Waals surface area contributed by atoms with E-state index in [0.717, 1.165) is 29.2 Å². The third kappa shape index (κ3) is 4.58. The molecule has 1 amide bonds. The lowest BCUT2D eigenvalue weighted by Crippen LogP contribution is -2.42. The van der Waals surface area contributed by atoms with E-state index in [1.54, 1.807) is 6.20 Å². The van der Waals surface area contributed by atoms with Crippen molar-refractivity contribution in [2.45, 2.75) is 31.2 Å². The highest BCUT2D eigenvalue weighted by molar-refractivity contribution is 7.89. The van der Waals surface area contributed by atoms with Crippen molar-refractivity contribution in [2.24, 2.45) is 5.92 Å². The largest absolute Gasteiger partial charge is 0.352 e. The number of carbonyl (C=O) groups excluding carboxylic acids is 1. The molecule has 9 heteroatoms. The normalized spacial score (nSPS) is 15.6. The predicted octanol–water partition coefficient (Wildman–Crippen LogP) is 3.04. The van der Waals surface area contributed by atoms with Crippen LogP contribution < -0.4 is 5.32 Å². The van der Waals surface area contributed by atoms with Crippen LogP contribution in [-0.4, -0.2) is 41.3 Å². The minimum atomic E-state index is -3.69. The van der Waals surface area contributed by atoms with Crippen LogP contribution in [0, 0.1) is 18.7 Å². The van der Waals surface area contributed by atoms with Crippen molar-refractivity contribution in [3.05, 3.63) is 78.1 Å². The zero-order valence-electron chi connectivity index (χ0n) is 17.7. The molecule has 0 unspecified atom stereocenters. The Kier molecular flexibility index (Phi) is 6.38. The van der Waals surface area contributed by atoms with E-state index in [2.05, 4.69) is 10.3 Å². The highest BCUT2D eigenvalue weighted by atomic mass is 32.2. The summed E-state index contributed by atoms with van der Waals surface area (Å²) < 4.78 is 42.0. The van der Waals surface area contributed by atoms with Gasteiger partial charge in [0.2, 0.25) is 15.9 Å². The zero-order valence-corrected chi connectivity index (χ0v) is 18.6. The summed E-state index contributed by atoms with van der Waals surface area (Å²) in [6, 6.07) is 12.6. The first-order valence-electron chi connectivity index (χ1n) is 10.5. The van der Waals surface area contributed by atoms with Crippen molar-refractivity contribution >= 4 is 15.9 Å². The number of imidazole rings is 1. The number of nitrogens with one attached hydrogen (secondary N) is 1. The lowest BCUT2D eigenvalue weighted by Gasteiger charge is -2.30. The van der Waals surface area contributed by atoms with Gasteiger partial charge < -0.3 is 9.88 Å². The minimum Gasteiger partial charge on any atom is -0.352 e. The molecule has 0 aliphatic carbocycles. The first-order valence-corrected chi connectivity index (χ1v) is 11.9. The third-order valence-electron chi connectivity index (χ3n) is 5.81. The van der Waals surface area contributed by atoms with E-state index in [0.29, 0.717) is 19.4 Å². The molecule has 168 valence electrons. The molecule has 32 heavy (non-hydrogen) atoms. The number of para-hydroxylation sites is 1. The number of carbonyl (C=O) groups is 1. The van der Waals surface area contributed by atoms with Gasteiger partial charge in [0.05, 0.1) is 10.6 Å². The van der Waals surface area contributed by atoms with E-state index in [9.17, 15) is 17.6 Å². The number of aryl methyl sites for hydroxylation is 1. The van der Waals surface area contributed by atoms with Crippen LogP contribution >= 0.6 is 0 Å². The molecule has 0 saturated carbocycles. The summed E-state index contributed by atoms with van der Waals surface area (Å²) in [5.74, 6) is 0.0420. The van der Waals surface area contributed by atoms with Gasteiger partial charge in [0.25, 0.3) is 0 Å². The van der Waals surface area contributed by atoms with E-state index in [1.807, 2.05) is 42.0 Å². The zero-order chi connectivity index (χ0) is 22.7. The number of aromatic nitrogens is 2. The van der Waals surface area contributed by atoms with Gasteiger partial charge in [0.1, 0.15) is 11.6 Å². The Balaban J connectivity index is 1.36. The Morgan fingerprint density at radius 2 is 1.81 bits per heavy atom. The number of sulfonamides is 1. The number of benzene rings is 2. The number of hydrogen-bond acceptors (Lipinski definition) is 4. The first kappa shape index (κ1) is 22.2. The van der Waals surface area contributed by atoms with Crippen LogP contribution in [0.2, 0.25) is 0 Å². The fourth-order valence-corrected chi connectivity index (χ4v) is 5.44. The average Bonchev–Trinajstić information content (AvgIpc) is 3.23. The highest BCUT2D eigenvalue weighted by Gasteiger charge is 2.32. The van der Waals surface area contributed by atoms with Crippen molar-refractivity contribution in [3.63, 3.8) is 0 Å². The Labute approximate surface area is 186 Å². The van der Waals surface area contributed by atoms with Crippen LogP contribution in [-0.2, 0) is 21.4 Å². The molecule has 4 rings (SSSR count). The van der Waals surface area contributed by atoms with Crippen LogP contribution in [0.25, 0.3) is 5.69 Å². The van der Waals surface area contributed by atoms with E-state index in [-0.39, 0.29) is 29.8 Å². The number of hydrogen-bond donors (Lipinski definition) is 1. The van der Waals surface area contributed by atoms with E-state index in [1.165, 1.54) is 16.4 Å². The van der Waals surface area contributed by atoms with Gasteiger partial charge in [-0.3, -0.25) is 4.79 Å². The summed E-state index contributed by atoms with van der Waals surface area (Å²) in [5.41, 5.74) is 1.93. The molecule has 1 aromatic heterocycles. The average molecular weight is 457 g/mol. The molecule has 1 saturated heterocycles. The smallest absolute Gasteiger partial charge is 0.243 e. The highest BCUT2D eigenvalue weighted by Crippen LogP contribution is 2.24. The van der Waals surface area contributed by atoms with Crippen molar-refractivity contribution in [2.75, 3.05) is 13.1 Å². The second-order valence-electron chi connectivity index (χ2n) is 7.82. The fraction of sp³-hybridized carbons (Fsp3) is 0.304. The second kappa shape index (κ2) is 9.22. The minimum absolute atomic E-state index is 0.0632. The number of halogens is 1. The summed E-state index contributed by atoms with van der Waals surface area (Å²) in [6.07, 6.45) is 4.49. The van der Waals surface area contributed by atoms with Gasteiger partial charge >= 0.3 is 0 Å². The lowest BCUT2D eigenvalue weighted by molar-refractivity contribution is -0.126. The summed E-state index contributed by atoms with van der Waals surface area (Å²) in [4.78, 5) is 17.1. The summed E-state index contributed by atoms with van der Waals surface area (Å²) in [5, 5.41) is 3.00. The number of piperidine rings is 1. The first-order chi connectivity index (χ1) is 15.4. The molecule has 0 atom stereocenters. The maximum absolute atomic E-state index is 13.1. The third-order valence-corrected chi connectivity index (χ3v) is 7.72. The Hall–Kier alpha value is -3.04. The van der Waals surface area contributed by atoms with Gasteiger partial charge in [-0.05, 0) is 55.7 Å². The Morgan fingerprint density at radius 3 is 2.47 bits per heavy atom. The van der Waals surface area contributed by atoms with Crippen LogP contribution in [0.4, 0.5) is 4.39 Å². The van der Waals surface area contributed by atoms with Crippen LogP contribution in [0.3, 0.4) is 0 Å². The fourth-order valence-electron chi connectivity index (χ4n) is 3.97. The molecular formula is C23H25FN4O3S. The molecule has 1 aliphatic rings. The monoisotopic (exact) mass is 456 g/mol. The van der Waals surface area contributed by atoms with Crippen molar-refractivity contribution in [1.82, 2.24) is 19.2 Å². The molecule has 1 fully saturated rings.